The van der Waals surface area contributed by atoms with E-state index in [1.807, 2.05) is 0 Å². The molecule has 2 rings (SSSR count). The first-order valence-electron chi connectivity index (χ1n) is 7.34. The highest BCUT2D eigenvalue weighted by Crippen LogP contribution is 2.30. The molecule has 0 aliphatic carbocycles. The fourth-order valence-corrected chi connectivity index (χ4v) is 2.61. The van der Waals surface area contributed by atoms with Crippen LogP contribution in [-0.4, -0.2) is 41.1 Å². The highest BCUT2D eigenvalue weighted by atomic mass is 35.5. The summed E-state index contributed by atoms with van der Waals surface area (Å²) < 4.78 is 39.4. The second-order valence-electron chi connectivity index (χ2n) is 5.19. The van der Waals surface area contributed by atoms with Crippen LogP contribution >= 0.6 is 11.6 Å². The summed E-state index contributed by atoms with van der Waals surface area (Å²) in [5, 5.41) is 18.2. The molecule has 0 bridgehead atoms. The van der Waals surface area contributed by atoms with E-state index in [1.54, 1.807) is 11.0 Å². The standard InChI is InChI=1S/C16H16ClF3N2O3/c17-13-9-12(21(5-7-23)6-8-24)2-3-14(13)22-10-11(16(18,19)20)1-4-15(22)25/h1-4,9-10,23-24H,5-8H2. The Labute approximate surface area is 146 Å². The highest BCUT2D eigenvalue weighted by molar-refractivity contribution is 6.32. The van der Waals surface area contributed by atoms with Crippen molar-refractivity contribution in [2.45, 2.75) is 6.18 Å². The van der Waals surface area contributed by atoms with Gasteiger partial charge in [-0.2, -0.15) is 13.2 Å². The minimum absolute atomic E-state index is 0.0693. The molecule has 9 heteroatoms. The zero-order valence-corrected chi connectivity index (χ0v) is 13.8. The second-order valence-corrected chi connectivity index (χ2v) is 5.60. The van der Waals surface area contributed by atoms with Gasteiger partial charge in [0.25, 0.3) is 5.56 Å². The quantitative estimate of drug-likeness (QED) is 0.812. The predicted octanol–water partition coefficient (Wildman–Crippen LogP) is 2.30. The van der Waals surface area contributed by atoms with Crippen LogP contribution in [0.5, 0.6) is 0 Å². The zero-order valence-electron chi connectivity index (χ0n) is 13.0. The van der Waals surface area contributed by atoms with Gasteiger partial charge in [0.2, 0.25) is 0 Å². The Hall–Kier alpha value is -2.03. The first-order chi connectivity index (χ1) is 11.8. The lowest BCUT2D eigenvalue weighted by atomic mass is 10.2. The fourth-order valence-electron chi connectivity index (χ4n) is 2.34. The molecule has 1 aromatic heterocycles. The molecule has 0 spiro atoms. The van der Waals surface area contributed by atoms with Gasteiger partial charge in [0.15, 0.2) is 0 Å². The molecule has 0 atom stereocenters. The Balaban J connectivity index is 2.46. The van der Waals surface area contributed by atoms with Crippen molar-refractivity contribution < 1.29 is 23.4 Å². The number of halogens is 4. The van der Waals surface area contributed by atoms with Crippen molar-refractivity contribution in [1.29, 1.82) is 0 Å². The number of rotatable bonds is 6. The second kappa shape index (κ2) is 7.90. The number of aromatic nitrogens is 1. The minimum atomic E-state index is -4.58. The van der Waals surface area contributed by atoms with Crippen molar-refractivity contribution in [3.05, 3.63) is 57.5 Å². The van der Waals surface area contributed by atoms with Gasteiger partial charge in [0.05, 0.1) is 29.5 Å². The summed E-state index contributed by atoms with van der Waals surface area (Å²) in [4.78, 5) is 13.6. The predicted molar refractivity (Wildman–Crippen MR) is 88.4 cm³/mol. The smallest absolute Gasteiger partial charge is 0.395 e. The number of benzene rings is 1. The zero-order chi connectivity index (χ0) is 18.6. The molecule has 1 aromatic carbocycles. The van der Waals surface area contributed by atoms with Gasteiger partial charge in [-0.3, -0.25) is 9.36 Å². The van der Waals surface area contributed by atoms with E-state index in [-0.39, 0.29) is 37.0 Å². The fraction of sp³-hybridized carbons (Fsp3) is 0.312. The van der Waals surface area contributed by atoms with Gasteiger partial charge >= 0.3 is 6.18 Å². The van der Waals surface area contributed by atoms with Crippen molar-refractivity contribution in [3.63, 3.8) is 0 Å². The van der Waals surface area contributed by atoms with Gasteiger partial charge in [-0.15, -0.1) is 0 Å². The molecule has 5 nitrogen and oxygen atoms in total. The molecule has 25 heavy (non-hydrogen) atoms. The molecule has 0 radical (unpaired) electrons. The van der Waals surface area contributed by atoms with Crippen LogP contribution in [0, 0.1) is 0 Å². The molecule has 0 amide bonds. The Kier molecular flexibility index (Phi) is 6.10. The molecule has 0 fully saturated rings. The number of hydrogen-bond donors (Lipinski definition) is 2. The van der Waals surface area contributed by atoms with Crippen LogP contribution in [0.2, 0.25) is 5.02 Å². The van der Waals surface area contributed by atoms with Crippen LogP contribution in [0.1, 0.15) is 5.56 Å². The first kappa shape index (κ1) is 19.3. The average molecular weight is 377 g/mol. The maximum atomic E-state index is 12.9. The van der Waals surface area contributed by atoms with Crippen LogP contribution in [0.3, 0.4) is 0 Å². The van der Waals surface area contributed by atoms with Crippen LogP contribution in [0.25, 0.3) is 5.69 Å². The van der Waals surface area contributed by atoms with E-state index in [2.05, 4.69) is 0 Å². The summed E-state index contributed by atoms with van der Waals surface area (Å²) in [5.41, 5.74) is -0.939. The summed E-state index contributed by atoms with van der Waals surface area (Å²) >= 11 is 6.15. The lowest BCUT2D eigenvalue weighted by Crippen LogP contribution is -2.29. The average Bonchev–Trinajstić information content (AvgIpc) is 2.54. The Bertz CT molecular complexity index is 787. The number of alkyl halides is 3. The Morgan fingerprint density at radius 3 is 2.24 bits per heavy atom. The summed E-state index contributed by atoms with van der Waals surface area (Å²) in [5.74, 6) is 0. The maximum absolute atomic E-state index is 12.9. The van der Waals surface area contributed by atoms with Crippen molar-refractivity contribution in [3.8, 4) is 5.69 Å². The molecule has 2 N–H and O–H groups in total. The molecule has 0 saturated heterocycles. The van der Waals surface area contributed by atoms with E-state index in [0.29, 0.717) is 18.0 Å². The molecule has 1 heterocycles. The number of hydrogen-bond acceptors (Lipinski definition) is 4. The molecular formula is C16H16ClF3N2O3. The number of aliphatic hydroxyl groups is 2. The Morgan fingerprint density at radius 2 is 1.72 bits per heavy atom. The molecule has 0 unspecified atom stereocenters. The van der Waals surface area contributed by atoms with Gasteiger partial charge < -0.3 is 15.1 Å². The number of anilines is 1. The largest absolute Gasteiger partial charge is 0.417 e. The number of nitrogens with zero attached hydrogens (tertiary/aromatic N) is 2. The van der Waals surface area contributed by atoms with Gasteiger partial charge in [0.1, 0.15) is 0 Å². The third-order valence-electron chi connectivity index (χ3n) is 3.53. The minimum Gasteiger partial charge on any atom is -0.395 e. The van der Waals surface area contributed by atoms with Crippen molar-refractivity contribution >= 4 is 17.3 Å². The van der Waals surface area contributed by atoms with E-state index < -0.39 is 17.3 Å². The van der Waals surface area contributed by atoms with Crippen LogP contribution in [-0.2, 0) is 6.18 Å². The van der Waals surface area contributed by atoms with Gasteiger partial charge in [-0.1, -0.05) is 11.6 Å². The van der Waals surface area contributed by atoms with E-state index in [0.717, 1.165) is 10.6 Å². The maximum Gasteiger partial charge on any atom is 0.417 e. The SMILES string of the molecule is O=c1ccc(C(F)(F)F)cn1-c1ccc(N(CCO)CCO)cc1Cl. The van der Waals surface area contributed by atoms with Crippen molar-refractivity contribution in [1.82, 2.24) is 4.57 Å². The van der Waals surface area contributed by atoms with Crippen molar-refractivity contribution in [2.75, 3.05) is 31.2 Å². The Morgan fingerprint density at radius 1 is 1.08 bits per heavy atom. The van der Waals surface area contributed by atoms with Gasteiger partial charge in [-0.05, 0) is 24.3 Å². The highest BCUT2D eigenvalue weighted by Gasteiger charge is 2.31. The molecule has 2 aromatic rings. The molecule has 136 valence electrons. The lowest BCUT2D eigenvalue weighted by Gasteiger charge is -2.23. The summed E-state index contributed by atoms with van der Waals surface area (Å²) in [6.07, 6.45) is -3.89. The van der Waals surface area contributed by atoms with Crippen LogP contribution < -0.4 is 10.5 Å². The monoisotopic (exact) mass is 376 g/mol. The summed E-state index contributed by atoms with van der Waals surface area (Å²) in [7, 11) is 0. The normalized spacial score (nSPS) is 11.6. The summed E-state index contributed by atoms with van der Waals surface area (Å²) in [6.45, 7) is 0.207. The van der Waals surface area contributed by atoms with E-state index in [9.17, 15) is 18.0 Å². The number of aliphatic hydroxyl groups excluding tert-OH is 2. The topological polar surface area (TPSA) is 65.7 Å². The van der Waals surface area contributed by atoms with Gasteiger partial charge in [0, 0.05) is 31.0 Å². The van der Waals surface area contributed by atoms with Crippen molar-refractivity contribution in [2.24, 2.45) is 0 Å². The first-order valence-corrected chi connectivity index (χ1v) is 7.72. The molecular weight excluding hydrogens is 361 g/mol. The third kappa shape index (κ3) is 4.53. The number of pyridine rings is 1. The van der Waals surface area contributed by atoms with Crippen LogP contribution in [0.15, 0.2) is 41.3 Å². The van der Waals surface area contributed by atoms with E-state index >= 15 is 0 Å². The summed E-state index contributed by atoms with van der Waals surface area (Å²) in [6, 6.07) is 5.98. The lowest BCUT2D eigenvalue weighted by molar-refractivity contribution is -0.138. The van der Waals surface area contributed by atoms with E-state index in [4.69, 9.17) is 21.8 Å². The molecule has 0 saturated carbocycles. The van der Waals surface area contributed by atoms with Crippen LogP contribution in [0.4, 0.5) is 18.9 Å². The van der Waals surface area contributed by atoms with Gasteiger partial charge in [-0.25, -0.2) is 0 Å². The van der Waals surface area contributed by atoms with E-state index in [1.165, 1.54) is 12.1 Å². The third-order valence-corrected chi connectivity index (χ3v) is 3.84. The molecule has 0 aliphatic heterocycles. The molecule has 0 aliphatic rings.